The fourth-order valence-corrected chi connectivity index (χ4v) is 2.58. The summed E-state index contributed by atoms with van der Waals surface area (Å²) < 4.78 is 5.17. The van der Waals surface area contributed by atoms with Gasteiger partial charge in [-0.1, -0.05) is 30.3 Å². The maximum Gasteiger partial charge on any atom is 0.238 e. The maximum atomic E-state index is 12.2. The van der Waals surface area contributed by atoms with Crippen LogP contribution in [0.3, 0.4) is 0 Å². The molecule has 1 heterocycles. The third-order valence-electron chi connectivity index (χ3n) is 2.94. The predicted octanol–water partition coefficient (Wildman–Crippen LogP) is 3.35. The number of benzene rings is 1. The summed E-state index contributed by atoms with van der Waals surface area (Å²) in [6.45, 7) is 1.89. The van der Waals surface area contributed by atoms with E-state index < -0.39 is 0 Å². The Hall–Kier alpha value is -2.01. The molecule has 1 aromatic heterocycles. The number of thioether (sulfide) groups is 1. The first-order valence-electron chi connectivity index (χ1n) is 6.66. The van der Waals surface area contributed by atoms with E-state index in [9.17, 15) is 4.79 Å². The number of nitrogens with zero attached hydrogens (tertiary/aromatic N) is 1. The Balaban J connectivity index is 1.90. The van der Waals surface area contributed by atoms with Crippen molar-refractivity contribution in [1.29, 1.82) is 0 Å². The fraction of sp³-hybridized carbons (Fsp3) is 0.250. The molecule has 0 saturated carbocycles. The molecule has 1 N–H and O–H groups in total. The van der Waals surface area contributed by atoms with Gasteiger partial charge in [0, 0.05) is 11.9 Å². The van der Waals surface area contributed by atoms with Gasteiger partial charge in [0.15, 0.2) is 11.6 Å². The van der Waals surface area contributed by atoms with Gasteiger partial charge in [-0.25, -0.2) is 4.98 Å². The van der Waals surface area contributed by atoms with Crippen molar-refractivity contribution in [3.05, 3.63) is 54.2 Å². The first-order chi connectivity index (χ1) is 10.2. The molecule has 4 nitrogen and oxygen atoms in total. The van der Waals surface area contributed by atoms with Crippen LogP contribution in [0, 0.1) is 0 Å². The van der Waals surface area contributed by atoms with Gasteiger partial charge in [0.1, 0.15) is 0 Å². The SMILES string of the molecule is COc1cccnc1NC(=O)[C@H](C)SCc1ccccc1. The molecule has 0 spiro atoms. The summed E-state index contributed by atoms with van der Waals surface area (Å²) in [5.41, 5.74) is 1.21. The Kier molecular flexibility index (Phi) is 5.63. The molecule has 0 radical (unpaired) electrons. The van der Waals surface area contributed by atoms with Gasteiger partial charge in [0.05, 0.1) is 12.4 Å². The molecule has 0 fully saturated rings. The molecule has 5 heteroatoms. The van der Waals surface area contributed by atoms with Gasteiger partial charge in [-0.2, -0.15) is 0 Å². The minimum atomic E-state index is -0.170. The van der Waals surface area contributed by atoms with Gasteiger partial charge >= 0.3 is 0 Å². The number of methoxy groups -OCH3 is 1. The second kappa shape index (κ2) is 7.69. The van der Waals surface area contributed by atoms with Crippen molar-refractivity contribution in [3.8, 4) is 5.75 Å². The number of aromatic nitrogens is 1. The highest BCUT2D eigenvalue weighted by atomic mass is 32.2. The van der Waals surface area contributed by atoms with Crippen LogP contribution in [0.4, 0.5) is 5.82 Å². The van der Waals surface area contributed by atoms with Crippen molar-refractivity contribution >= 4 is 23.5 Å². The van der Waals surface area contributed by atoms with Crippen molar-refractivity contribution in [3.63, 3.8) is 0 Å². The van der Waals surface area contributed by atoms with Crippen molar-refractivity contribution < 1.29 is 9.53 Å². The van der Waals surface area contributed by atoms with Crippen LogP contribution in [0.1, 0.15) is 12.5 Å². The van der Waals surface area contributed by atoms with Crippen LogP contribution >= 0.6 is 11.8 Å². The topological polar surface area (TPSA) is 51.2 Å². The van der Waals surface area contributed by atoms with Crippen molar-refractivity contribution in [2.24, 2.45) is 0 Å². The lowest BCUT2D eigenvalue weighted by Gasteiger charge is -2.13. The highest BCUT2D eigenvalue weighted by molar-refractivity contribution is 7.99. The molecule has 0 aliphatic rings. The summed E-state index contributed by atoms with van der Waals surface area (Å²) in [6.07, 6.45) is 1.62. The number of hydrogen-bond acceptors (Lipinski definition) is 4. The standard InChI is InChI=1S/C16H18N2O2S/c1-12(21-11-13-7-4-3-5-8-13)16(19)18-15-14(20-2)9-6-10-17-15/h3-10,12H,11H2,1-2H3,(H,17,18,19)/t12-/m0/s1. The highest BCUT2D eigenvalue weighted by Gasteiger charge is 2.16. The molecule has 0 bridgehead atoms. The minimum Gasteiger partial charge on any atom is -0.493 e. The number of rotatable bonds is 6. The minimum absolute atomic E-state index is 0.0760. The van der Waals surface area contributed by atoms with Crippen LogP contribution in [-0.2, 0) is 10.5 Å². The van der Waals surface area contributed by atoms with Gasteiger partial charge in [-0.3, -0.25) is 4.79 Å². The zero-order valence-electron chi connectivity index (χ0n) is 12.1. The number of ether oxygens (including phenoxy) is 1. The number of carbonyl (C=O) groups excluding carboxylic acids is 1. The van der Waals surface area contributed by atoms with E-state index in [0.717, 1.165) is 5.75 Å². The van der Waals surface area contributed by atoms with E-state index >= 15 is 0 Å². The molecule has 110 valence electrons. The second-order valence-electron chi connectivity index (χ2n) is 4.48. The molecular formula is C16H18N2O2S. The van der Waals surface area contributed by atoms with Crippen LogP contribution in [0.15, 0.2) is 48.7 Å². The smallest absolute Gasteiger partial charge is 0.238 e. The fourth-order valence-electron chi connectivity index (χ4n) is 1.74. The zero-order valence-corrected chi connectivity index (χ0v) is 12.9. The molecule has 1 atom stereocenters. The van der Waals surface area contributed by atoms with E-state index in [2.05, 4.69) is 22.4 Å². The molecule has 1 amide bonds. The molecule has 21 heavy (non-hydrogen) atoms. The van der Waals surface area contributed by atoms with Gasteiger partial charge in [-0.05, 0) is 24.6 Å². The summed E-state index contributed by atoms with van der Waals surface area (Å²) in [6, 6.07) is 13.6. The van der Waals surface area contributed by atoms with Crippen LogP contribution in [0.25, 0.3) is 0 Å². The van der Waals surface area contributed by atoms with E-state index in [1.807, 2.05) is 25.1 Å². The lowest BCUT2D eigenvalue weighted by molar-refractivity contribution is -0.115. The van der Waals surface area contributed by atoms with Crippen LogP contribution in [-0.4, -0.2) is 23.3 Å². The molecule has 2 rings (SSSR count). The predicted molar refractivity (Wildman–Crippen MR) is 86.6 cm³/mol. The van der Waals surface area contributed by atoms with Gasteiger partial charge in [0.2, 0.25) is 5.91 Å². The molecule has 0 aliphatic heterocycles. The van der Waals surface area contributed by atoms with Crippen LogP contribution < -0.4 is 10.1 Å². The third kappa shape index (κ3) is 4.49. The summed E-state index contributed by atoms with van der Waals surface area (Å²) in [7, 11) is 1.56. The summed E-state index contributed by atoms with van der Waals surface area (Å²) >= 11 is 1.59. The summed E-state index contributed by atoms with van der Waals surface area (Å²) in [5, 5.41) is 2.63. The maximum absolute atomic E-state index is 12.2. The molecular weight excluding hydrogens is 284 g/mol. The Labute approximate surface area is 128 Å². The van der Waals surface area contributed by atoms with Gasteiger partial charge in [0.25, 0.3) is 0 Å². The lowest BCUT2D eigenvalue weighted by Crippen LogP contribution is -2.23. The van der Waals surface area contributed by atoms with Crippen molar-refractivity contribution in [2.45, 2.75) is 17.9 Å². The highest BCUT2D eigenvalue weighted by Crippen LogP contribution is 2.23. The quantitative estimate of drug-likeness (QED) is 0.889. The van der Waals surface area contributed by atoms with Crippen LogP contribution in [0.5, 0.6) is 5.75 Å². The van der Waals surface area contributed by atoms with Crippen molar-refractivity contribution in [1.82, 2.24) is 4.98 Å². The largest absolute Gasteiger partial charge is 0.493 e. The second-order valence-corrected chi connectivity index (χ2v) is 5.81. The van der Waals surface area contributed by atoms with E-state index in [0.29, 0.717) is 11.6 Å². The van der Waals surface area contributed by atoms with E-state index in [4.69, 9.17) is 4.74 Å². The first-order valence-corrected chi connectivity index (χ1v) is 7.71. The Morgan fingerprint density at radius 2 is 2.05 bits per heavy atom. The molecule has 0 saturated heterocycles. The number of anilines is 1. The van der Waals surface area contributed by atoms with Gasteiger partial charge in [-0.15, -0.1) is 11.8 Å². The summed E-state index contributed by atoms with van der Waals surface area (Å²) in [5.74, 6) is 1.74. The monoisotopic (exact) mass is 302 g/mol. The number of pyridine rings is 1. The Morgan fingerprint density at radius 3 is 2.76 bits per heavy atom. The molecule has 1 aromatic carbocycles. The number of nitrogens with one attached hydrogen (secondary N) is 1. The van der Waals surface area contributed by atoms with E-state index in [1.54, 1.807) is 37.2 Å². The number of hydrogen-bond donors (Lipinski definition) is 1. The summed E-state index contributed by atoms with van der Waals surface area (Å²) in [4.78, 5) is 16.3. The average molecular weight is 302 g/mol. The molecule has 0 unspecified atom stereocenters. The molecule has 0 aliphatic carbocycles. The van der Waals surface area contributed by atoms with Crippen molar-refractivity contribution in [2.75, 3.05) is 12.4 Å². The van der Waals surface area contributed by atoms with E-state index in [1.165, 1.54) is 5.56 Å². The number of amides is 1. The third-order valence-corrected chi connectivity index (χ3v) is 4.16. The lowest BCUT2D eigenvalue weighted by atomic mass is 10.2. The normalized spacial score (nSPS) is 11.7. The van der Waals surface area contributed by atoms with Crippen LogP contribution in [0.2, 0.25) is 0 Å². The molecule has 2 aromatic rings. The Morgan fingerprint density at radius 1 is 1.29 bits per heavy atom. The number of carbonyl (C=O) groups is 1. The van der Waals surface area contributed by atoms with E-state index in [-0.39, 0.29) is 11.2 Å². The van der Waals surface area contributed by atoms with Gasteiger partial charge < -0.3 is 10.1 Å². The zero-order chi connectivity index (χ0) is 15.1. The Bertz CT molecular complexity index is 590. The first kappa shape index (κ1) is 15.4. The average Bonchev–Trinajstić information content (AvgIpc) is 2.54.